The highest BCUT2D eigenvalue weighted by atomic mass is 16.5. The van der Waals surface area contributed by atoms with E-state index in [4.69, 9.17) is 4.74 Å². The number of aliphatic hydroxyl groups is 1. The second-order valence-electron chi connectivity index (χ2n) is 4.80. The lowest BCUT2D eigenvalue weighted by Crippen LogP contribution is -2.42. The van der Waals surface area contributed by atoms with Gasteiger partial charge < -0.3 is 9.84 Å². The van der Waals surface area contributed by atoms with E-state index in [1.54, 1.807) is 0 Å². The van der Waals surface area contributed by atoms with Gasteiger partial charge in [-0.05, 0) is 27.7 Å². The fourth-order valence-corrected chi connectivity index (χ4v) is 0.552. The molecule has 1 N–H and O–H groups in total. The maximum Gasteiger partial charge on any atom is 0.0664 e. The molecule has 0 aliphatic rings. The summed E-state index contributed by atoms with van der Waals surface area (Å²) >= 11 is 0. The first-order chi connectivity index (χ1) is 5.17. The molecule has 2 heteroatoms. The summed E-state index contributed by atoms with van der Waals surface area (Å²) in [6.45, 7) is 12.2. The average molecular weight is 174 g/mol. The van der Waals surface area contributed by atoms with Gasteiger partial charge in [0.25, 0.3) is 0 Å². The van der Waals surface area contributed by atoms with Crippen LogP contribution in [0, 0.1) is 5.41 Å². The van der Waals surface area contributed by atoms with Gasteiger partial charge in [-0.2, -0.15) is 0 Å². The molecule has 2 nitrogen and oxygen atoms in total. The fraction of sp³-hybridized carbons (Fsp3) is 1.00. The van der Waals surface area contributed by atoms with Crippen molar-refractivity contribution in [2.75, 3.05) is 6.61 Å². The fourth-order valence-electron chi connectivity index (χ4n) is 0.552. The minimum absolute atomic E-state index is 0.197. The van der Waals surface area contributed by atoms with Crippen molar-refractivity contribution in [1.29, 1.82) is 0 Å². The number of rotatable bonds is 4. The Bertz CT molecular complexity index is 131. The Morgan fingerprint density at radius 3 is 1.83 bits per heavy atom. The van der Waals surface area contributed by atoms with E-state index in [-0.39, 0.29) is 11.5 Å². The smallest absolute Gasteiger partial charge is 0.0664 e. The number of ether oxygens (including phenoxy) is 1. The minimum Gasteiger partial charge on any atom is -0.390 e. The van der Waals surface area contributed by atoms with Gasteiger partial charge in [-0.3, -0.25) is 0 Å². The van der Waals surface area contributed by atoms with Gasteiger partial charge >= 0.3 is 0 Å². The molecule has 0 aromatic carbocycles. The molecule has 0 bridgehead atoms. The van der Waals surface area contributed by atoms with Crippen LogP contribution in [0.5, 0.6) is 0 Å². The van der Waals surface area contributed by atoms with E-state index >= 15 is 0 Å². The Labute approximate surface area is 75.9 Å². The lowest BCUT2D eigenvalue weighted by atomic mass is 9.78. The van der Waals surface area contributed by atoms with Gasteiger partial charge in [-0.15, -0.1) is 0 Å². The summed E-state index contributed by atoms with van der Waals surface area (Å²) < 4.78 is 5.47. The third-order valence-electron chi connectivity index (χ3n) is 2.43. The van der Waals surface area contributed by atoms with E-state index in [9.17, 15) is 5.11 Å². The number of hydrogen-bond acceptors (Lipinski definition) is 2. The van der Waals surface area contributed by atoms with Crippen LogP contribution in [0.2, 0.25) is 0 Å². The van der Waals surface area contributed by atoms with Gasteiger partial charge in [0, 0.05) is 5.41 Å². The van der Waals surface area contributed by atoms with Crippen molar-refractivity contribution in [2.45, 2.75) is 53.2 Å². The third kappa shape index (κ3) is 3.55. The van der Waals surface area contributed by atoms with Crippen molar-refractivity contribution in [3.05, 3.63) is 0 Å². The number of hydrogen-bond donors (Lipinski definition) is 1. The van der Waals surface area contributed by atoms with Crippen LogP contribution < -0.4 is 0 Å². The van der Waals surface area contributed by atoms with E-state index in [1.165, 1.54) is 0 Å². The lowest BCUT2D eigenvalue weighted by Gasteiger charge is -2.37. The zero-order valence-corrected chi connectivity index (χ0v) is 9.14. The summed E-state index contributed by atoms with van der Waals surface area (Å²) in [7, 11) is 0. The van der Waals surface area contributed by atoms with Crippen molar-refractivity contribution in [1.82, 2.24) is 0 Å². The topological polar surface area (TPSA) is 29.5 Å². The second-order valence-corrected chi connectivity index (χ2v) is 4.80. The van der Waals surface area contributed by atoms with E-state index in [2.05, 4.69) is 0 Å². The molecule has 0 atom stereocenters. The SMILES string of the molecule is CC(C)OCC(C)(C)C(C)(C)O. The average Bonchev–Trinajstić information content (AvgIpc) is 1.81. The van der Waals surface area contributed by atoms with Crippen molar-refractivity contribution in [3.63, 3.8) is 0 Å². The molecule has 0 spiro atoms. The normalized spacial score (nSPS) is 14.0. The van der Waals surface area contributed by atoms with Crippen LogP contribution in [-0.2, 0) is 4.74 Å². The zero-order valence-electron chi connectivity index (χ0n) is 9.14. The molecule has 0 aliphatic heterocycles. The molecule has 0 saturated heterocycles. The first-order valence-electron chi connectivity index (χ1n) is 4.51. The molecule has 12 heavy (non-hydrogen) atoms. The molecule has 0 rings (SSSR count). The van der Waals surface area contributed by atoms with Crippen LogP contribution in [0.3, 0.4) is 0 Å². The Morgan fingerprint density at radius 2 is 1.58 bits per heavy atom. The summed E-state index contributed by atoms with van der Waals surface area (Å²) in [5, 5.41) is 9.78. The van der Waals surface area contributed by atoms with Gasteiger partial charge in [-0.25, -0.2) is 0 Å². The Morgan fingerprint density at radius 1 is 1.17 bits per heavy atom. The van der Waals surface area contributed by atoms with E-state index in [1.807, 2.05) is 41.5 Å². The summed E-state index contributed by atoms with van der Waals surface area (Å²) in [6.07, 6.45) is 0.228. The summed E-state index contributed by atoms with van der Waals surface area (Å²) in [5.74, 6) is 0. The molecule has 0 radical (unpaired) electrons. The predicted octanol–water partition coefficient (Wildman–Crippen LogP) is 2.21. The molecule has 74 valence electrons. The van der Waals surface area contributed by atoms with Gasteiger partial charge in [-0.1, -0.05) is 13.8 Å². The Kier molecular flexibility index (Phi) is 3.73. The van der Waals surface area contributed by atoms with Crippen LogP contribution in [0.25, 0.3) is 0 Å². The summed E-state index contributed by atoms with van der Waals surface area (Å²) in [4.78, 5) is 0. The Balaban J connectivity index is 4.05. The van der Waals surface area contributed by atoms with Gasteiger partial charge in [0.05, 0.1) is 18.3 Å². The van der Waals surface area contributed by atoms with Crippen LogP contribution in [0.1, 0.15) is 41.5 Å². The highest BCUT2D eigenvalue weighted by Gasteiger charge is 2.35. The molecule has 0 aliphatic carbocycles. The molecule has 0 amide bonds. The van der Waals surface area contributed by atoms with Crippen molar-refractivity contribution >= 4 is 0 Å². The van der Waals surface area contributed by atoms with E-state index in [0.717, 1.165) is 0 Å². The van der Waals surface area contributed by atoms with Crippen LogP contribution in [-0.4, -0.2) is 23.4 Å². The summed E-state index contributed by atoms with van der Waals surface area (Å²) in [5.41, 5.74) is -0.890. The largest absolute Gasteiger partial charge is 0.390 e. The van der Waals surface area contributed by atoms with Gasteiger partial charge in [0.2, 0.25) is 0 Å². The maximum absolute atomic E-state index is 9.78. The molecule has 0 fully saturated rings. The van der Waals surface area contributed by atoms with Crippen LogP contribution in [0.4, 0.5) is 0 Å². The maximum atomic E-state index is 9.78. The second kappa shape index (κ2) is 3.75. The molecule has 0 aromatic rings. The summed E-state index contributed by atoms with van der Waals surface area (Å²) in [6, 6.07) is 0. The molecule has 0 heterocycles. The van der Waals surface area contributed by atoms with Crippen LogP contribution in [0.15, 0.2) is 0 Å². The van der Waals surface area contributed by atoms with Gasteiger partial charge in [0.15, 0.2) is 0 Å². The first-order valence-corrected chi connectivity index (χ1v) is 4.51. The molecule has 0 saturated carbocycles. The zero-order chi connectivity index (χ0) is 9.99. The first kappa shape index (κ1) is 11.9. The third-order valence-corrected chi connectivity index (χ3v) is 2.43. The highest BCUT2D eigenvalue weighted by molar-refractivity contribution is 4.85. The molecular formula is C10H22O2. The van der Waals surface area contributed by atoms with Crippen molar-refractivity contribution < 1.29 is 9.84 Å². The van der Waals surface area contributed by atoms with Crippen molar-refractivity contribution in [3.8, 4) is 0 Å². The molecule has 0 aromatic heterocycles. The van der Waals surface area contributed by atoms with Crippen molar-refractivity contribution in [2.24, 2.45) is 5.41 Å². The monoisotopic (exact) mass is 174 g/mol. The van der Waals surface area contributed by atoms with E-state index < -0.39 is 5.60 Å². The van der Waals surface area contributed by atoms with E-state index in [0.29, 0.717) is 6.61 Å². The molecule has 0 unspecified atom stereocenters. The predicted molar refractivity (Wildman–Crippen MR) is 51.2 cm³/mol. The standard InChI is InChI=1S/C10H22O2/c1-8(2)12-7-9(3,4)10(5,6)11/h8,11H,7H2,1-6H3. The van der Waals surface area contributed by atoms with Gasteiger partial charge in [0.1, 0.15) is 0 Å². The highest BCUT2D eigenvalue weighted by Crippen LogP contribution is 2.30. The Hall–Kier alpha value is -0.0800. The lowest BCUT2D eigenvalue weighted by molar-refractivity contribution is -0.0913. The quantitative estimate of drug-likeness (QED) is 0.708. The molecular weight excluding hydrogens is 152 g/mol. The minimum atomic E-state index is -0.693. The van der Waals surface area contributed by atoms with Crippen LogP contribution >= 0.6 is 0 Å².